The van der Waals surface area contributed by atoms with E-state index in [0.29, 0.717) is 44.7 Å². The molecule has 4 N–H and O–H groups in total. The third kappa shape index (κ3) is 23.6. The summed E-state index contributed by atoms with van der Waals surface area (Å²) in [5, 5.41) is 10.2. The van der Waals surface area contributed by atoms with Gasteiger partial charge in [0.15, 0.2) is 0 Å². The molecule has 0 atom stereocenters. The number of carbonyl (C=O) groups excluding carboxylic acids is 3. The van der Waals surface area contributed by atoms with Crippen molar-refractivity contribution in [3.63, 3.8) is 0 Å². The highest BCUT2D eigenvalue weighted by Gasteiger charge is 2.00. The number of esters is 2. The van der Waals surface area contributed by atoms with E-state index in [4.69, 9.17) is 15.6 Å². The van der Waals surface area contributed by atoms with Crippen molar-refractivity contribution in [2.45, 2.75) is 40.7 Å². The molecule has 2 rings (SSSR count). The molecule has 0 unspecified atom stereocenters. The predicted molar refractivity (Wildman–Crippen MR) is 152 cm³/mol. The summed E-state index contributed by atoms with van der Waals surface area (Å²) in [6.45, 7) is 6.26. The monoisotopic (exact) mass is 634 g/mol. The van der Waals surface area contributed by atoms with Crippen molar-refractivity contribution in [2.24, 2.45) is 5.73 Å². The predicted octanol–water partition coefficient (Wildman–Crippen LogP) is 4.90. The average molecular weight is 636 g/mol. The number of rotatable bonds is 10. The van der Waals surface area contributed by atoms with Gasteiger partial charge in [-0.3, -0.25) is 14.4 Å². The normalized spacial score (nSPS) is 8.86. The second-order valence-corrected chi connectivity index (χ2v) is 8.21. The SMILES string of the molecule is C.CCOC(=O)CCN.CCOC(=O)CCNCc1cccc(Br)c1.CO.O=Cc1cccc(Br)c1. The van der Waals surface area contributed by atoms with Gasteiger partial charge in [-0.15, -0.1) is 0 Å². The molecule has 0 aliphatic rings. The lowest BCUT2D eigenvalue weighted by atomic mass is 10.2. The number of aliphatic hydroxyl groups excluding tert-OH is 1. The Labute approximate surface area is 232 Å². The molecule has 204 valence electrons. The molecule has 2 aromatic carbocycles. The molecule has 0 saturated heterocycles. The van der Waals surface area contributed by atoms with Crippen LogP contribution in [0.2, 0.25) is 0 Å². The fourth-order valence-corrected chi connectivity index (χ4v) is 3.10. The highest BCUT2D eigenvalue weighted by Crippen LogP contribution is 2.11. The molecule has 0 radical (unpaired) electrons. The van der Waals surface area contributed by atoms with E-state index in [1.165, 1.54) is 5.56 Å². The number of benzene rings is 2. The maximum absolute atomic E-state index is 11.0. The first-order valence-electron chi connectivity index (χ1n) is 11.0. The zero-order valence-electron chi connectivity index (χ0n) is 20.5. The largest absolute Gasteiger partial charge is 0.466 e. The molecule has 0 saturated carbocycles. The van der Waals surface area contributed by atoms with Crippen LogP contribution in [0.4, 0.5) is 0 Å². The van der Waals surface area contributed by atoms with Crippen LogP contribution in [0.15, 0.2) is 57.5 Å². The smallest absolute Gasteiger partial charge is 0.307 e. The van der Waals surface area contributed by atoms with E-state index < -0.39 is 0 Å². The van der Waals surface area contributed by atoms with Gasteiger partial charge >= 0.3 is 11.9 Å². The standard InChI is InChI=1S/C12H16BrNO2.C7H5BrO.C5H11NO2.CH4O.CH4/c1-2-16-12(15)6-7-14-9-10-4-3-5-11(13)8-10;8-7-3-1-2-6(4-7)5-9;1-2-8-5(7)3-4-6;1-2;/h3-5,8,14H,2,6-7,9H2,1H3;1-5H;2-4,6H2,1H3;2H,1H3;1H4. The molecule has 8 nitrogen and oxygen atoms in total. The quantitative estimate of drug-likeness (QED) is 0.191. The molecule has 0 amide bonds. The third-order valence-electron chi connectivity index (χ3n) is 3.67. The van der Waals surface area contributed by atoms with Crippen molar-refractivity contribution in [1.29, 1.82) is 0 Å². The van der Waals surface area contributed by atoms with E-state index in [9.17, 15) is 14.4 Å². The van der Waals surface area contributed by atoms with Crippen molar-refractivity contribution in [3.8, 4) is 0 Å². The van der Waals surface area contributed by atoms with Gasteiger partial charge in [0.05, 0.1) is 26.1 Å². The van der Waals surface area contributed by atoms with Crippen LogP contribution in [0, 0.1) is 0 Å². The molecule has 0 aromatic heterocycles. The van der Waals surface area contributed by atoms with E-state index in [1.807, 2.05) is 37.3 Å². The molecule has 0 spiro atoms. The summed E-state index contributed by atoms with van der Waals surface area (Å²) in [6.07, 6.45) is 1.57. The first-order valence-corrected chi connectivity index (χ1v) is 12.6. The van der Waals surface area contributed by atoms with E-state index in [2.05, 4.69) is 48.0 Å². The van der Waals surface area contributed by atoms with Crippen LogP contribution in [0.5, 0.6) is 0 Å². The molecule has 0 heterocycles. The summed E-state index contributed by atoms with van der Waals surface area (Å²) in [5.74, 6) is -0.362. The first kappa shape index (κ1) is 38.4. The van der Waals surface area contributed by atoms with Gasteiger partial charge in [0, 0.05) is 41.3 Å². The van der Waals surface area contributed by atoms with E-state index in [1.54, 1.807) is 19.1 Å². The van der Waals surface area contributed by atoms with E-state index in [0.717, 1.165) is 28.9 Å². The number of aliphatic hydroxyl groups is 1. The minimum atomic E-state index is -0.213. The lowest BCUT2D eigenvalue weighted by molar-refractivity contribution is -0.143. The van der Waals surface area contributed by atoms with Crippen molar-refractivity contribution < 1.29 is 29.0 Å². The minimum Gasteiger partial charge on any atom is -0.466 e. The Morgan fingerprint density at radius 3 is 1.92 bits per heavy atom. The van der Waals surface area contributed by atoms with Crippen LogP contribution in [0.1, 0.15) is 50.0 Å². The molecule has 2 aromatic rings. The Bertz CT molecular complexity index is 830. The van der Waals surface area contributed by atoms with Crippen molar-refractivity contribution in [3.05, 3.63) is 68.6 Å². The number of carbonyl (C=O) groups is 3. The Balaban J connectivity index is -0.000000466. The summed E-state index contributed by atoms with van der Waals surface area (Å²) in [6, 6.07) is 15.3. The zero-order chi connectivity index (χ0) is 26.9. The summed E-state index contributed by atoms with van der Waals surface area (Å²) >= 11 is 6.66. The lowest BCUT2D eigenvalue weighted by Gasteiger charge is -2.05. The van der Waals surface area contributed by atoms with Crippen molar-refractivity contribution in [1.82, 2.24) is 5.32 Å². The van der Waals surface area contributed by atoms with Crippen molar-refractivity contribution >= 4 is 50.1 Å². The first-order chi connectivity index (χ1) is 16.9. The number of aldehydes is 1. The second-order valence-electron chi connectivity index (χ2n) is 6.38. The average Bonchev–Trinajstić information content (AvgIpc) is 2.84. The van der Waals surface area contributed by atoms with Gasteiger partial charge in [-0.1, -0.05) is 63.6 Å². The summed E-state index contributed by atoms with van der Waals surface area (Å²) < 4.78 is 11.4. The van der Waals surface area contributed by atoms with E-state index >= 15 is 0 Å². The maximum Gasteiger partial charge on any atom is 0.307 e. The second kappa shape index (κ2) is 27.5. The molecule has 0 fully saturated rings. The Hall–Kier alpha value is -2.11. The van der Waals surface area contributed by atoms with Gasteiger partial charge in [-0.25, -0.2) is 0 Å². The number of halogens is 2. The summed E-state index contributed by atoms with van der Waals surface area (Å²) in [7, 11) is 1.00. The van der Waals surface area contributed by atoms with Crippen LogP contribution in [-0.2, 0) is 25.6 Å². The summed E-state index contributed by atoms with van der Waals surface area (Å²) in [4.78, 5) is 31.5. The Morgan fingerprint density at radius 1 is 0.944 bits per heavy atom. The highest BCUT2D eigenvalue weighted by atomic mass is 79.9. The molecule has 0 aliphatic heterocycles. The van der Waals surface area contributed by atoms with Gasteiger partial charge in [0.2, 0.25) is 0 Å². The lowest BCUT2D eigenvalue weighted by Crippen LogP contribution is -2.18. The highest BCUT2D eigenvalue weighted by molar-refractivity contribution is 9.10. The van der Waals surface area contributed by atoms with Crippen LogP contribution < -0.4 is 11.1 Å². The molecular formula is C26H40Br2N2O6. The van der Waals surface area contributed by atoms with Gasteiger partial charge in [0.1, 0.15) is 6.29 Å². The van der Waals surface area contributed by atoms with Crippen LogP contribution in [0.3, 0.4) is 0 Å². The Morgan fingerprint density at radius 2 is 1.47 bits per heavy atom. The fourth-order valence-electron chi connectivity index (χ4n) is 2.23. The number of hydrogen-bond donors (Lipinski definition) is 3. The summed E-state index contributed by atoms with van der Waals surface area (Å²) in [5.41, 5.74) is 6.95. The topological polar surface area (TPSA) is 128 Å². The van der Waals surface area contributed by atoms with Crippen LogP contribution in [-0.4, -0.2) is 56.7 Å². The van der Waals surface area contributed by atoms with Crippen LogP contribution in [0.25, 0.3) is 0 Å². The number of ether oxygens (including phenoxy) is 2. The van der Waals surface area contributed by atoms with Crippen molar-refractivity contribution in [2.75, 3.05) is 33.4 Å². The molecular weight excluding hydrogens is 596 g/mol. The maximum atomic E-state index is 11.0. The van der Waals surface area contributed by atoms with E-state index in [-0.39, 0.29) is 19.4 Å². The molecule has 36 heavy (non-hydrogen) atoms. The molecule has 10 heteroatoms. The number of hydrogen-bond acceptors (Lipinski definition) is 8. The van der Waals surface area contributed by atoms with Gasteiger partial charge in [-0.05, 0) is 43.7 Å². The number of nitrogens with two attached hydrogens (primary N) is 1. The van der Waals surface area contributed by atoms with Gasteiger partial charge < -0.3 is 25.6 Å². The molecule has 0 bridgehead atoms. The Kier molecular flexibility index (Phi) is 29.3. The minimum absolute atomic E-state index is 0. The fraction of sp³-hybridized carbons (Fsp3) is 0.423. The third-order valence-corrected chi connectivity index (χ3v) is 4.65. The zero-order valence-corrected chi connectivity index (χ0v) is 23.6. The molecule has 0 aliphatic carbocycles. The van der Waals surface area contributed by atoms with Gasteiger partial charge in [-0.2, -0.15) is 0 Å². The van der Waals surface area contributed by atoms with Crippen LogP contribution >= 0.6 is 31.9 Å². The van der Waals surface area contributed by atoms with Gasteiger partial charge in [0.25, 0.3) is 0 Å². The number of nitrogens with one attached hydrogen (secondary N) is 1.